The summed E-state index contributed by atoms with van der Waals surface area (Å²) in [6.45, 7) is 11.4. The molecular formula is C57H110O6. The molecule has 0 amide bonds. The van der Waals surface area contributed by atoms with Crippen LogP contribution in [0.1, 0.15) is 317 Å². The summed E-state index contributed by atoms with van der Waals surface area (Å²) >= 11 is 0. The van der Waals surface area contributed by atoms with Crippen molar-refractivity contribution in [3.8, 4) is 0 Å². The molecule has 0 saturated carbocycles. The average Bonchev–Trinajstić information content (AvgIpc) is 3.27. The lowest BCUT2D eigenvalue weighted by atomic mass is 9.99. The van der Waals surface area contributed by atoms with Gasteiger partial charge in [-0.3, -0.25) is 14.4 Å². The number of esters is 3. The zero-order chi connectivity index (χ0) is 46.1. The summed E-state index contributed by atoms with van der Waals surface area (Å²) in [5.74, 6) is 0.891. The highest BCUT2D eigenvalue weighted by Crippen LogP contribution is 2.18. The number of unbranched alkanes of at least 4 members (excludes halogenated alkanes) is 35. The Bertz CT molecular complexity index is 964. The van der Waals surface area contributed by atoms with E-state index >= 15 is 0 Å². The van der Waals surface area contributed by atoms with Gasteiger partial charge in [0.15, 0.2) is 6.10 Å². The SMILES string of the molecule is CCCCCCCCCCCC(=O)O[C@H](COC(=O)CCCCCCCCCCCCCCCCCCCCC(C)CC)COC(=O)CCCCCCCCCCCCCC(C)C. The Morgan fingerprint density at radius 2 is 0.603 bits per heavy atom. The maximum absolute atomic E-state index is 12.7. The molecule has 1 unspecified atom stereocenters. The van der Waals surface area contributed by atoms with Gasteiger partial charge < -0.3 is 14.2 Å². The molecule has 374 valence electrons. The molecule has 0 radical (unpaired) electrons. The lowest BCUT2D eigenvalue weighted by Gasteiger charge is -2.18. The van der Waals surface area contributed by atoms with Crippen LogP contribution in [0.2, 0.25) is 0 Å². The van der Waals surface area contributed by atoms with E-state index in [9.17, 15) is 14.4 Å². The van der Waals surface area contributed by atoms with E-state index in [-0.39, 0.29) is 31.1 Å². The molecule has 0 N–H and O–H groups in total. The fourth-order valence-corrected chi connectivity index (χ4v) is 8.66. The van der Waals surface area contributed by atoms with Crippen LogP contribution in [0.15, 0.2) is 0 Å². The first kappa shape index (κ1) is 61.4. The molecule has 0 spiro atoms. The van der Waals surface area contributed by atoms with Crippen LogP contribution in [0.5, 0.6) is 0 Å². The van der Waals surface area contributed by atoms with Gasteiger partial charge in [-0.15, -0.1) is 0 Å². The van der Waals surface area contributed by atoms with Gasteiger partial charge in [0.25, 0.3) is 0 Å². The van der Waals surface area contributed by atoms with Crippen molar-refractivity contribution in [1.82, 2.24) is 0 Å². The van der Waals surface area contributed by atoms with Crippen molar-refractivity contribution in [2.75, 3.05) is 13.2 Å². The second-order valence-electron chi connectivity index (χ2n) is 20.3. The summed E-state index contributed by atoms with van der Waals surface area (Å²) in [7, 11) is 0. The third-order valence-corrected chi connectivity index (χ3v) is 13.3. The van der Waals surface area contributed by atoms with Crippen LogP contribution in [-0.4, -0.2) is 37.2 Å². The van der Waals surface area contributed by atoms with E-state index in [0.717, 1.165) is 69.6 Å². The normalized spacial score (nSPS) is 12.5. The molecule has 0 rings (SSSR count). The van der Waals surface area contributed by atoms with E-state index in [1.165, 1.54) is 205 Å². The second kappa shape index (κ2) is 49.8. The third kappa shape index (κ3) is 49.7. The number of carbonyl (C=O) groups excluding carboxylic acids is 3. The van der Waals surface area contributed by atoms with E-state index in [2.05, 4.69) is 34.6 Å². The summed E-state index contributed by atoms with van der Waals surface area (Å²) in [6.07, 6.45) is 52.4. The van der Waals surface area contributed by atoms with Gasteiger partial charge in [-0.2, -0.15) is 0 Å². The van der Waals surface area contributed by atoms with Gasteiger partial charge in [0.2, 0.25) is 0 Å². The molecule has 0 bridgehead atoms. The minimum absolute atomic E-state index is 0.0632. The molecule has 0 aliphatic carbocycles. The van der Waals surface area contributed by atoms with Crippen LogP contribution < -0.4 is 0 Å². The highest BCUT2D eigenvalue weighted by atomic mass is 16.6. The first-order valence-electron chi connectivity index (χ1n) is 28.3. The van der Waals surface area contributed by atoms with Gasteiger partial charge in [-0.1, -0.05) is 279 Å². The number of rotatable bonds is 51. The summed E-state index contributed by atoms with van der Waals surface area (Å²) in [6, 6.07) is 0. The standard InChI is InChI=1S/C57H110O6/c1-6-8-9-10-11-25-34-39-44-49-57(60)63-54(51-62-56(59)48-43-38-33-29-24-20-21-26-30-35-40-45-52(3)4)50-61-55(58)47-42-37-32-28-23-19-17-15-13-12-14-16-18-22-27-31-36-41-46-53(5)7-2/h52-54H,6-51H2,1-5H3/t53?,54-/m1/s1. The van der Waals surface area contributed by atoms with Gasteiger partial charge >= 0.3 is 17.9 Å². The highest BCUT2D eigenvalue weighted by Gasteiger charge is 2.19. The Kier molecular flexibility index (Phi) is 48.6. The molecule has 0 aliphatic heterocycles. The average molecular weight is 892 g/mol. The van der Waals surface area contributed by atoms with Crippen molar-refractivity contribution in [3.63, 3.8) is 0 Å². The number of ether oxygens (including phenoxy) is 3. The zero-order valence-electron chi connectivity index (χ0n) is 43.2. The minimum Gasteiger partial charge on any atom is -0.462 e. The summed E-state index contributed by atoms with van der Waals surface area (Å²) in [5, 5.41) is 0. The molecule has 0 aromatic rings. The molecule has 6 nitrogen and oxygen atoms in total. The lowest BCUT2D eigenvalue weighted by molar-refractivity contribution is -0.167. The predicted octanol–water partition coefficient (Wildman–Crippen LogP) is 18.5. The largest absolute Gasteiger partial charge is 0.462 e. The highest BCUT2D eigenvalue weighted by molar-refractivity contribution is 5.71. The first-order chi connectivity index (χ1) is 30.8. The zero-order valence-corrected chi connectivity index (χ0v) is 43.2. The smallest absolute Gasteiger partial charge is 0.306 e. The van der Waals surface area contributed by atoms with Gasteiger partial charge in [0.1, 0.15) is 13.2 Å². The molecule has 0 saturated heterocycles. The molecule has 0 heterocycles. The molecule has 6 heteroatoms. The molecule has 0 fully saturated rings. The molecule has 2 atom stereocenters. The van der Waals surface area contributed by atoms with Crippen LogP contribution in [0, 0.1) is 11.8 Å². The van der Waals surface area contributed by atoms with Gasteiger partial charge in [0, 0.05) is 19.3 Å². The maximum atomic E-state index is 12.7. The van der Waals surface area contributed by atoms with Crippen LogP contribution in [0.4, 0.5) is 0 Å². The quantitative estimate of drug-likeness (QED) is 0.0344. The van der Waals surface area contributed by atoms with E-state index in [1.54, 1.807) is 0 Å². The number of hydrogen-bond acceptors (Lipinski definition) is 6. The van der Waals surface area contributed by atoms with Crippen molar-refractivity contribution in [2.24, 2.45) is 11.8 Å². The number of carbonyl (C=O) groups is 3. The van der Waals surface area contributed by atoms with E-state index < -0.39 is 6.10 Å². The molecular weight excluding hydrogens is 781 g/mol. The minimum atomic E-state index is -0.761. The van der Waals surface area contributed by atoms with E-state index in [4.69, 9.17) is 14.2 Å². The third-order valence-electron chi connectivity index (χ3n) is 13.3. The lowest BCUT2D eigenvalue weighted by Crippen LogP contribution is -2.30. The second-order valence-corrected chi connectivity index (χ2v) is 20.3. The van der Waals surface area contributed by atoms with Crippen LogP contribution >= 0.6 is 0 Å². The van der Waals surface area contributed by atoms with Crippen molar-refractivity contribution in [2.45, 2.75) is 323 Å². The topological polar surface area (TPSA) is 78.9 Å². The van der Waals surface area contributed by atoms with Crippen molar-refractivity contribution in [1.29, 1.82) is 0 Å². The Labute approximate surface area is 393 Å². The Balaban J connectivity index is 4.15. The molecule has 0 aromatic heterocycles. The Morgan fingerprint density at radius 1 is 0.333 bits per heavy atom. The summed E-state index contributed by atoms with van der Waals surface area (Å²) in [4.78, 5) is 38.0. The monoisotopic (exact) mass is 891 g/mol. The molecule has 0 aliphatic rings. The van der Waals surface area contributed by atoms with Crippen LogP contribution in [0.25, 0.3) is 0 Å². The van der Waals surface area contributed by atoms with E-state index in [1.807, 2.05) is 0 Å². The molecule has 0 aromatic carbocycles. The maximum Gasteiger partial charge on any atom is 0.306 e. The summed E-state index contributed by atoms with van der Waals surface area (Å²) < 4.78 is 16.8. The van der Waals surface area contributed by atoms with E-state index in [0.29, 0.717) is 19.3 Å². The van der Waals surface area contributed by atoms with Crippen molar-refractivity contribution in [3.05, 3.63) is 0 Å². The summed E-state index contributed by atoms with van der Waals surface area (Å²) in [5.41, 5.74) is 0. The Hall–Kier alpha value is -1.59. The van der Waals surface area contributed by atoms with Gasteiger partial charge in [0.05, 0.1) is 0 Å². The van der Waals surface area contributed by atoms with Gasteiger partial charge in [-0.05, 0) is 31.1 Å². The fraction of sp³-hybridized carbons (Fsp3) is 0.947. The predicted molar refractivity (Wildman–Crippen MR) is 270 cm³/mol. The van der Waals surface area contributed by atoms with Crippen LogP contribution in [0.3, 0.4) is 0 Å². The van der Waals surface area contributed by atoms with Crippen molar-refractivity contribution >= 4 is 17.9 Å². The van der Waals surface area contributed by atoms with Gasteiger partial charge in [-0.25, -0.2) is 0 Å². The fourth-order valence-electron chi connectivity index (χ4n) is 8.66. The molecule has 63 heavy (non-hydrogen) atoms. The van der Waals surface area contributed by atoms with Crippen molar-refractivity contribution < 1.29 is 28.6 Å². The Morgan fingerprint density at radius 3 is 0.905 bits per heavy atom. The number of hydrogen-bond donors (Lipinski definition) is 0. The first-order valence-corrected chi connectivity index (χ1v) is 28.3. The van der Waals surface area contributed by atoms with Crippen LogP contribution in [-0.2, 0) is 28.6 Å².